The fourth-order valence-electron chi connectivity index (χ4n) is 1.61. The third-order valence-electron chi connectivity index (χ3n) is 2.82. The monoisotopic (exact) mass is 281 g/mol. The molecule has 0 spiro atoms. The third kappa shape index (κ3) is 5.57. The summed E-state index contributed by atoms with van der Waals surface area (Å²) < 4.78 is 11.0. The molecule has 0 aromatic heterocycles. The molecule has 0 atom stereocenters. The van der Waals surface area contributed by atoms with Crippen LogP contribution in [0.5, 0.6) is 5.75 Å². The summed E-state index contributed by atoms with van der Waals surface area (Å²) in [4.78, 5) is 0.388. The number of hydrogen-bond donors (Lipinski definition) is 1. The first-order valence-electron chi connectivity index (χ1n) is 6.38. The van der Waals surface area contributed by atoms with Crippen LogP contribution in [0.25, 0.3) is 0 Å². The van der Waals surface area contributed by atoms with E-state index in [0.717, 1.165) is 29.9 Å². The zero-order chi connectivity index (χ0) is 14.5. The largest absolute Gasteiger partial charge is 0.496 e. The van der Waals surface area contributed by atoms with Crippen molar-refractivity contribution in [1.82, 2.24) is 0 Å². The van der Waals surface area contributed by atoms with Gasteiger partial charge >= 0.3 is 0 Å². The molecule has 1 aromatic rings. The minimum atomic E-state index is 0.282. The van der Waals surface area contributed by atoms with Crippen molar-refractivity contribution in [3.8, 4) is 5.75 Å². The smallest absolute Gasteiger partial charge is 0.124 e. The zero-order valence-corrected chi connectivity index (χ0v) is 13.0. The van der Waals surface area contributed by atoms with Crippen molar-refractivity contribution in [2.75, 3.05) is 13.7 Å². The Morgan fingerprint density at radius 3 is 2.53 bits per heavy atom. The highest BCUT2D eigenvalue weighted by molar-refractivity contribution is 7.80. The highest BCUT2D eigenvalue weighted by atomic mass is 32.1. The third-order valence-corrected chi connectivity index (χ3v) is 3.05. The Bertz CT molecular complexity index is 438. The summed E-state index contributed by atoms with van der Waals surface area (Å²) in [5.41, 5.74) is 7.73. The lowest BCUT2D eigenvalue weighted by Gasteiger charge is -2.18. The molecule has 0 bridgehead atoms. The molecule has 3 nitrogen and oxygen atoms in total. The second-order valence-corrected chi connectivity index (χ2v) is 6.19. The van der Waals surface area contributed by atoms with Gasteiger partial charge in [0.05, 0.1) is 13.7 Å². The van der Waals surface area contributed by atoms with Crippen LogP contribution < -0.4 is 10.5 Å². The number of ether oxygens (including phenoxy) is 2. The summed E-state index contributed by atoms with van der Waals surface area (Å²) in [6.45, 7) is 7.83. The van der Waals surface area contributed by atoms with Gasteiger partial charge in [-0.15, -0.1) is 0 Å². The molecule has 0 aliphatic rings. The van der Waals surface area contributed by atoms with E-state index in [0.29, 0.717) is 11.6 Å². The highest BCUT2D eigenvalue weighted by Crippen LogP contribution is 2.22. The lowest BCUT2D eigenvalue weighted by atomic mass is 9.93. The Morgan fingerprint density at radius 2 is 2.00 bits per heavy atom. The van der Waals surface area contributed by atoms with Crippen LogP contribution in [0.2, 0.25) is 0 Å². The first kappa shape index (κ1) is 15.9. The average Bonchev–Trinajstić information content (AvgIpc) is 2.33. The number of rotatable bonds is 6. The molecule has 106 valence electrons. The topological polar surface area (TPSA) is 44.5 Å². The van der Waals surface area contributed by atoms with Crippen LogP contribution in [0, 0.1) is 5.41 Å². The molecule has 0 saturated carbocycles. The van der Waals surface area contributed by atoms with E-state index in [-0.39, 0.29) is 5.41 Å². The molecule has 0 heterocycles. The molecular formula is C15H23NO2S. The molecule has 0 amide bonds. The lowest BCUT2D eigenvalue weighted by Crippen LogP contribution is -2.11. The molecule has 0 aliphatic heterocycles. The van der Waals surface area contributed by atoms with Gasteiger partial charge in [0.15, 0.2) is 0 Å². The van der Waals surface area contributed by atoms with E-state index in [1.807, 2.05) is 18.2 Å². The Balaban J connectivity index is 2.65. The summed E-state index contributed by atoms with van der Waals surface area (Å²) in [5, 5.41) is 0. The molecule has 4 heteroatoms. The van der Waals surface area contributed by atoms with E-state index in [9.17, 15) is 0 Å². The molecular weight excluding hydrogens is 258 g/mol. The number of methoxy groups -OCH3 is 1. The van der Waals surface area contributed by atoms with Crippen LogP contribution in [0.1, 0.15) is 38.3 Å². The van der Waals surface area contributed by atoms with E-state index >= 15 is 0 Å². The molecule has 0 saturated heterocycles. The second kappa shape index (κ2) is 6.87. The summed E-state index contributed by atoms with van der Waals surface area (Å²) in [7, 11) is 1.65. The van der Waals surface area contributed by atoms with Gasteiger partial charge in [0.1, 0.15) is 10.7 Å². The van der Waals surface area contributed by atoms with Gasteiger partial charge in [-0.05, 0) is 30.0 Å². The van der Waals surface area contributed by atoms with Gasteiger partial charge in [0.2, 0.25) is 0 Å². The minimum absolute atomic E-state index is 0.282. The van der Waals surface area contributed by atoms with Crippen molar-refractivity contribution in [2.45, 2.75) is 33.8 Å². The fourth-order valence-corrected chi connectivity index (χ4v) is 1.73. The number of benzene rings is 1. The van der Waals surface area contributed by atoms with Crippen LogP contribution in [0.3, 0.4) is 0 Å². The molecule has 19 heavy (non-hydrogen) atoms. The van der Waals surface area contributed by atoms with Crippen LogP contribution in [-0.2, 0) is 11.3 Å². The van der Waals surface area contributed by atoms with Crippen molar-refractivity contribution in [3.05, 3.63) is 29.3 Å². The number of nitrogens with two attached hydrogens (primary N) is 1. The van der Waals surface area contributed by atoms with Crippen molar-refractivity contribution in [1.29, 1.82) is 0 Å². The quantitative estimate of drug-likeness (QED) is 0.642. The van der Waals surface area contributed by atoms with E-state index in [4.69, 9.17) is 27.4 Å². The van der Waals surface area contributed by atoms with E-state index in [1.165, 1.54) is 0 Å². The van der Waals surface area contributed by atoms with Crippen LogP contribution in [0.15, 0.2) is 18.2 Å². The Morgan fingerprint density at radius 1 is 1.32 bits per heavy atom. The lowest BCUT2D eigenvalue weighted by molar-refractivity contribution is 0.0948. The summed E-state index contributed by atoms with van der Waals surface area (Å²) >= 11 is 4.98. The highest BCUT2D eigenvalue weighted by Gasteiger charge is 2.10. The van der Waals surface area contributed by atoms with Crippen LogP contribution in [0.4, 0.5) is 0 Å². The Kier molecular flexibility index (Phi) is 5.76. The van der Waals surface area contributed by atoms with Crippen molar-refractivity contribution in [2.24, 2.45) is 11.1 Å². The first-order chi connectivity index (χ1) is 8.83. The number of thiocarbonyl (C=S) groups is 1. The van der Waals surface area contributed by atoms with Crippen LogP contribution in [-0.4, -0.2) is 18.7 Å². The van der Waals surface area contributed by atoms with E-state index in [1.54, 1.807) is 7.11 Å². The second-order valence-electron chi connectivity index (χ2n) is 5.75. The van der Waals surface area contributed by atoms with Gasteiger partial charge in [-0.3, -0.25) is 0 Å². The normalized spacial score (nSPS) is 11.4. The average molecular weight is 281 g/mol. The molecule has 0 radical (unpaired) electrons. The first-order valence-corrected chi connectivity index (χ1v) is 6.79. The Labute approximate surface area is 121 Å². The van der Waals surface area contributed by atoms with Gasteiger partial charge in [0, 0.05) is 17.7 Å². The van der Waals surface area contributed by atoms with Crippen molar-refractivity contribution in [3.63, 3.8) is 0 Å². The minimum Gasteiger partial charge on any atom is -0.496 e. The maximum absolute atomic E-state index is 5.71. The number of hydrogen-bond acceptors (Lipinski definition) is 3. The molecule has 1 rings (SSSR count). The van der Waals surface area contributed by atoms with Crippen molar-refractivity contribution >= 4 is 17.2 Å². The Hall–Kier alpha value is -1.13. The van der Waals surface area contributed by atoms with Gasteiger partial charge in [-0.2, -0.15) is 0 Å². The molecule has 1 aromatic carbocycles. The predicted molar refractivity (Wildman–Crippen MR) is 82.6 cm³/mol. The van der Waals surface area contributed by atoms with Gasteiger partial charge in [0.25, 0.3) is 0 Å². The predicted octanol–water partition coefficient (Wildman–Crippen LogP) is 3.28. The van der Waals surface area contributed by atoms with Gasteiger partial charge < -0.3 is 15.2 Å². The standard InChI is InChI=1S/C15H23NO2S/c1-15(2,3)7-8-18-10-12-9-11(14(16)19)5-6-13(12)17-4/h5-6,9H,7-8,10H2,1-4H3,(H2,16,19). The molecule has 2 N–H and O–H groups in total. The van der Waals surface area contributed by atoms with Gasteiger partial charge in [-0.1, -0.05) is 33.0 Å². The SMILES string of the molecule is COc1ccc(C(N)=S)cc1COCCC(C)(C)C. The van der Waals surface area contributed by atoms with Gasteiger partial charge in [-0.25, -0.2) is 0 Å². The van der Waals surface area contributed by atoms with Crippen molar-refractivity contribution < 1.29 is 9.47 Å². The van der Waals surface area contributed by atoms with Crippen LogP contribution >= 0.6 is 12.2 Å². The molecule has 0 unspecified atom stereocenters. The molecule has 0 fully saturated rings. The summed E-state index contributed by atoms with van der Waals surface area (Å²) in [6.07, 6.45) is 1.02. The maximum Gasteiger partial charge on any atom is 0.124 e. The maximum atomic E-state index is 5.71. The summed E-state index contributed by atoms with van der Waals surface area (Å²) in [6, 6.07) is 5.66. The summed E-state index contributed by atoms with van der Waals surface area (Å²) in [5.74, 6) is 0.802. The van der Waals surface area contributed by atoms with E-state index in [2.05, 4.69) is 20.8 Å². The zero-order valence-electron chi connectivity index (χ0n) is 12.2. The van der Waals surface area contributed by atoms with E-state index < -0.39 is 0 Å². The fraction of sp³-hybridized carbons (Fsp3) is 0.533. The molecule has 0 aliphatic carbocycles.